The summed E-state index contributed by atoms with van der Waals surface area (Å²) in [5.41, 5.74) is 7.00. The van der Waals surface area contributed by atoms with Crippen LogP contribution in [0, 0.1) is 5.82 Å². The molecule has 0 radical (unpaired) electrons. The Labute approximate surface area is 102 Å². The number of benzene rings is 1. The van der Waals surface area contributed by atoms with Gasteiger partial charge in [-0.3, -0.25) is 0 Å². The Bertz CT molecular complexity index is 382. The molecule has 2 N–H and O–H groups in total. The van der Waals surface area contributed by atoms with E-state index in [9.17, 15) is 4.39 Å². The Morgan fingerprint density at radius 3 is 2.41 bits per heavy atom. The van der Waals surface area contributed by atoms with Crippen molar-refractivity contribution in [1.29, 1.82) is 0 Å². The number of nitrogens with zero attached hydrogens (tertiary/aromatic N) is 2. The van der Waals surface area contributed by atoms with Gasteiger partial charge in [0, 0.05) is 32.3 Å². The van der Waals surface area contributed by atoms with Crippen molar-refractivity contribution in [2.75, 3.05) is 52.0 Å². The lowest BCUT2D eigenvalue weighted by Gasteiger charge is -2.23. The molecule has 17 heavy (non-hydrogen) atoms. The van der Waals surface area contributed by atoms with Crippen LogP contribution in [0.4, 0.5) is 15.8 Å². The van der Waals surface area contributed by atoms with Crippen LogP contribution in [-0.2, 0) is 0 Å². The van der Waals surface area contributed by atoms with Gasteiger partial charge in [0.2, 0.25) is 0 Å². The van der Waals surface area contributed by atoms with Crippen LogP contribution in [0.5, 0.6) is 5.75 Å². The quantitative estimate of drug-likeness (QED) is 0.792. The normalized spacial score (nSPS) is 10.7. The predicted molar refractivity (Wildman–Crippen MR) is 69.2 cm³/mol. The fourth-order valence-corrected chi connectivity index (χ4v) is 1.52. The highest BCUT2D eigenvalue weighted by molar-refractivity contribution is 5.69. The molecule has 0 spiro atoms. The van der Waals surface area contributed by atoms with Crippen molar-refractivity contribution in [3.8, 4) is 5.75 Å². The molecule has 0 unspecified atom stereocenters. The SMILES string of the molecule is COc1cc(N(C)CCN(C)C)c(N)cc1F. The van der Waals surface area contributed by atoms with Gasteiger partial charge in [-0.1, -0.05) is 0 Å². The lowest BCUT2D eigenvalue weighted by molar-refractivity contribution is 0.386. The second kappa shape index (κ2) is 5.72. The minimum absolute atomic E-state index is 0.214. The van der Waals surface area contributed by atoms with Crippen molar-refractivity contribution < 1.29 is 9.13 Å². The summed E-state index contributed by atoms with van der Waals surface area (Å²) in [6.07, 6.45) is 0. The second-order valence-electron chi connectivity index (χ2n) is 4.27. The maximum Gasteiger partial charge on any atom is 0.167 e. The summed E-state index contributed by atoms with van der Waals surface area (Å²) in [5.74, 6) is -0.222. The zero-order valence-electron chi connectivity index (χ0n) is 10.8. The van der Waals surface area contributed by atoms with Crippen LogP contribution in [0.15, 0.2) is 12.1 Å². The Balaban J connectivity index is 2.89. The lowest BCUT2D eigenvalue weighted by atomic mass is 10.2. The van der Waals surface area contributed by atoms with Crippen LogP contribution in [0.1, 0.15) is 0 Å². The highest BCUT2D eigenvalue weighted by atomic mass is 19.1. The minimum atomic E-state index is -0.435. The van der Waals surface area contributed by atoms with Gasteiger partial charge in [0.1, 0.15) is 0 Å². The van der Waals surface area contributed by atoms with Gasteiger partial charge < -0.3 is 20.3 Å². The average molecular weight is 241 g/mol. The summed E-state index contributed by atoms with van der Waals surface area (Å²) in [6, 6.07) is 2.92. The van der Waals surface area contributed by atoms with Gasteiger partial charge in [0.25, 0.3) is 0 Å². The number of nitrogens with two attached hydrogens (primary N) is 1. The van der Waals surface area contributed by atoms with E-state index in [1.807, 2.05) is 26.0 Å². The van der Waals surface area contributed by atoms with Crippen LogP contribution in [0.2, 0.25) is 0 Å². The van der Waals surface area contributed by atoms with E-state index in [4.69, 9.17) is 10.5 Å². The fourth-order valence-electron chi connectivity index (χ4n) is 1.52. The second-order valence-corrected chi connectivity index (χ2v) is 4.27. The molecule has 0 aliphatic rings. The highest BCUT2D eigenvalue weighted by Crippen LogP contribution is 2.30. The van der Waals surface area contributed by atoms with Gasteiger partial charge in [-0.2, -0.15) is 0 Å². The van der Waals surface area contributed by atoms with E-state index in [1.165, 1.54) is 13.2 Å². The molecule has 0 heterocycles. The predicted octanol–water partition coefficient (Wildman–Crippen LogP) is 1.41. The van der Waals surface area contributed by atoms with E-state index in [2.05, 4.69) is 4.90 Å². The first kappa shape index (κ1) is 13.6. The molecule has 1 rings (SSSR count). The third-order valence-electron chi connectivity index (χ3n) is 2.59. The highest BCUT2D eigenvalue weighted by Gasteiger charge is 2.11. The molecule has 0 atom stereocenters. The number of halogens is 1. The van der Waals surface area contributed by atoms with Crippen molar-refractivity contribution in [1.82, 2.24) is 4.90 Å². The lowest BCUT2D eigenvalue weighted by Crippen LogP contribution is -2.29. The van der Waals surface area contributed by atoms with Crippen LogP contribution < -0.4 is 15.4 Å². The van der Waals surface area contributed by atoms with Gasteiger partial charge >= 0.3 is 0 Å². The minimum Gasteiger partial charge on any atom is -0.494 e. The number of rotatable bonds is 5. The largest absolute Gasteiger partial charge is 0.494 e. The molecule has 0 saturated heterocycles. The Hall–Kier alpha value is -1.49. The standard InChI is InChI=1S/C12H20FN3O/c1-15(2)5-6-16(3)11-8-12(17-4)9(13)7-10(11)14/h7-8H,5-6,14H2,1-4H3. The van der Waals surface area contributed by atoms with Crippen LogP contribution >= 0.6 is 0 Å². The molecule has 0 aliphatic heterocycles. The Morgan fingerprint density at radius 2 is 1.88 bits per heavy atom. The molecule has 0 saturated carbocycles. The van der Waals surface area contributed by atoms with Gasteiger partial charge in [0.15, 0.2) is 11.6 Å². The molecule has 1 aromatic rings. The first-order valence-corrected chi connectivity index (χ1v) is 5.44. The topological polar surface area (TPSA) is 41.7 Å². The summed E-state index contributed by atoms with van der Waals surface area (Å²) in [6.45, 7) is 1.71. The summed E-state index contributed by atoms with van der Waals surface area (Å²) in [7, 11) is 7.37. The van der Waals surface area contributed by atoms with Crippen LogP contribution in [0.3, 0.4) is 0 Å². The summed E-state index contributed by atoms with van der Waals surface area (Å²) < 4.78 is 18.3. The number of anilines is 2. The maximum absolute atomic E-state index is 13.4. The van der Waals surface area contributed by atoms with Gasteiger partial charge in [-0.15, -0.1) is 0 Å². The molecule has 0 aliphatic carbocycles. The van der Waals surface area contributed by atoms with E-state index in [0.717, 1.165) is 18.8 Å². The average Bonchev–Trinajstić information content (AvgIpc) is 2.26. The van der Waals surface area contributed by atoms with Gasteiger partial charge in [0.05, 0.1) is 18.5 Å². The number of ether oxygens (including phenoxy) is 1. The van der Waals surface area contributed by atoms with Crippen molar-refractivity contribution in [3.63, 3.8) is 0 Å². The molecule has 1 aromatic carbocycles. The number of likely N-dealkylation sites (N-methyl/N-ethyl adjacent to an activating group) is 2. The van der Waals surface area contributed by atoms with E-state index >= 15 is 0 Å². The maximum atomic E-state index is 13.4. The zero-order chi connectivity index (χ0) is 13.0. The van der Waals surface area contributed by atoms with Crippen LogP contribution in [-0.4, -0.2) is 46.2 Å². The number of methoxy groups -OCH3 is 1. The van der Waals surface area contributed by atoms with Crippen molar-refractivity contribution in [2.45, 2.75) is 0 Å². The fraction of sp³-hybridized carbons (Fsp3) is 0.500. The van der Waals surface area contributed by atoms with Crippen LogP contribution in [0.25, 0.3) is 0 Å². The molecule has 0 aromatic heterocycles. The molecular formula is C12H20FN3O. The number of nitrogen functional groups attached to an aromatic ring is 1. The monoisotopic (exact) mass is 241 g/mol. The summed E-state index contributed by atoms with van der Waals surface area (Å²) in [5, 5.41) is 0. The molecule has 0 bridgehead atoms. The third-order valence-corrected chi connectivity index (χ3v) is 2.59. The van der Waals surface area contributed by atoms with E-state index in [0.29, 0.717) is 5.69 Å². The first-order valence-electron chi connectivity index (χ1n) is 5.44. The molecule has 5 heteroatoms. The molecule has 0 amide bonds. The van der Waals surface area contributed by atoms with E-state index < -0.39 is 5.82 Å². The van der Waals surface area contributed by atoms with E-state index in [-0.39, 0.29) is 5.75 Å². The van der Waals surface area contributed by atoms with Crippen molar-refractivity contribution >= 4 is 11.4 Å². The first-order chi connectivity index (χ1) is 7.95. The van der Waals surface area contributed by atoms with Crippen molar-refractivity contribution in [2.24, 2.45) is 0 Å². The smallest absolute Gasteiger partial charge is 0.167 e. The molecular weight excluding hydrogens is 221 g/mol. The zero-order valence-corrected chi connectivity index (χ0v) is 10.8. The molecule has 4 nitrogen and oxygen atoms in total. The number of hydrogen-bond acceptors (Lipinski definition) is 4. The number of hydrogen-bond donors (Lipinski definition) is 1. The van der Waals surface area contributed by atoms with Gasteiger partial charge in [-0.25, -0.2) is 4.39 Å². The molecule has 96 valence electrons. The third kappa shape index (κ3) is 3.49. The summed E-state index contributed by atoms with van der Waals surface area (Å²) >= 11 is 0. The van der Waals surface area contributed by atoms with E-state index in [1.54, 1.807) is 6.07 Å². The van der Waals surface area contributed by atoms with Gasteiger partial charge in [-0.05, 0) is 14.1 Å². The Kier molecular flexibility index (Phi) is 4.57. The van der Waals surface area contributed by atoms with Crippen molar-refractivity contribution in [3.05, 3.63) is 17.9 Å². The Morgan fingerprint density at radius 1 is 1.24 bits per heavy atom. The summed E-state index contributed by atoms with van der Waals surface area (Å²) in [4.78, 5) is 4.06. The molecule has 0 fully saturated rings.